The lowest BCUT2D eigenvalue weighted by Gasteiger charge is -2.21. The number of fused-ring (bicyclic) bond motifs is 1. The summed E-state index contributed by atoms with van der Waals surface area (Å²) in [5.41, 5.74) is 2.25. The first-order valence-corrected chi connectivity index (χ1v) is 8.00. The van der Waals surface area contributed by atoms with E-state index in [9.17, 15) is 4.79 Å². The number of hydrogen-bond acceptors (Lipinski definition) is 4. The average Bonchev–Trinajstić information content (AvgIpc) is 2.62. The van der Waals surface area contributed by atoms with E-state index in [4.69, 9.17) is 9.47 Å². The maximum Gasteiger partial charge on any atom is 0.251 e. The molecule has 1 N–H and O–H groups in total. The van der Waals surface area contributed by atoms with Crippen LogP contribution in [0, 0.1) is 0 Å². The Morgan fingerprint density at radius 2 is 2.21 bits per heavy atom. The molecular formula is C19H20N2O3. The second kappa shape index (κ2) is 7.17. The van der Waals surface area contributed by atoms with E-state index in [1.807, 2.05) is 56.3 Å². The predicted octanol–water partition coefficient (Wildman–Crippen LogP) is 3.13. The molecule has 1 aromatic carbocycles. The second-order valence-electron chi connectivity index (χ2n) is 5.52. The van der Waals surface area contributed by atoms with Crippen molar-refractivity contribution in [2.75, 3.05) is 13.2 Å². The van der Waals surface area contributed by atoms with Crippen molar-refractivity contribution in [2.45, 2.75) is 19.9 Å². The van der Waals surface area contributed by atoms with Crippen LogP contribution < -0.4 is 14.8 Å². The Hall–Kier alpha value is -2.82. The monoisotopic (exact) mass is 324 g/mol. The smallest absolute Gasteiger partial charge is 0.251 e. The van der Waals surface area contributed by atoms with Gasteiger partial charge in [-0.3, -0.25) is 9.78 Å². The van der Waals surface area contributed by atoms with Gasteiger partial charge in [-0.05, 0) is 38.1 Å². The molecule has 0 bridgehead atoms. The van der Waals surface area contributed by atoms with E-state index in [0.717, 1.165) is 11.3 Å². The molecule has 1 amide bonds. The molecule has 0 saturated heterocycles. The highest BCUT2D eigenvalue weighted by Crippen LogP contribution is 2.35. The highest BCUT2D eigenvalue weighted by molar-refractivity contribution is 5.99. The van der Waals surface area contributed by atoms with Crippen molar-refractivity contribution in [1.82, 2.24) is 10.3 Å². The Morgan fingerprint density at radius 3 is 2.96 bits per heavy atom. The first kappa shape index (κ1) is 16.1. The third kappa shape index (κ3) is 3.40. The highest BCUT2D eigenvalue weighted by atomic mass is 16.5. The van der Waals surface area contributed by atoms with Crippen molar-refractivity contribution in [2.24, 2.45) is 0 Å². The molecule has 2 aromatic rings. The van der Waals surface area contributed by atoms with Crippen LogP contribution in [0.1, 0.15) is 31.1 Å². The van der Waals surface area contributed by atoms with Gasteiger partial charge in [0.25, 0.3) is 5.91 Å². The van der Waals surface area contributed by atoms with Gasteiger partial charge in [0.05, 0.1) is 23.9 Å². The van der Waals surface area contributed by atoms with Crippen molar-refractivity contribution < 1.29 is 14.3 Å². The minimum atomic E-state index is -0.171. The standard InChI is InChI=1S/C19H20N2O3/c1-3-23-17-9-6-7-14-11-15(12-24-18(14)17)19(22)21-13(2)16-8-4-5-10-20-16/h4-11,13H,3,12H2,1-2H3,(H,21,22). The lowest BCUT2D eigenvalue weighted by Crippen LogP contribution is -2.31. The lowest BCUT2D eigenvalue weighted by atomic mass is 10.1. The molecule has 5 nitrogen and oxygen atoms in total. The Labute approximate surface area is 141 Å². The Morgan fingerprint density at radius 1 is 1.33 bits per heavy atom. The summed E-state index contributed by atoms with van der Waals surface area (Å²) in [6.45, 7) is 4.62. The first-order valence-electron chi connectivity index (χ1n) is 8.00. The minimum absolute atomic E-state index is 0.152. The Kier molecular flexibility index (Phi) is 4.79. The zero-order valence-electron chi connectivity index (χ0n) is 13.8. The van der Waals surface area contributed by atoms with E-state index in [2.05, 4.69) is 10.3 Å². The second-order valence-corrected chi connectivity index (χ2v) is 5.52. The van der Waals surface area contributed by atoms with E-state index in [0.29, 0.717) is 23.7 Å². The van der Waals surface area contributed by atoms with Gasteiger partial charge in [-0.25, -0.2) is 0 Å². The summed E-state index contributed by atoms with van der Waals surface area (Å²) in [6.07, 6.45) is 3.56. The number of benzene rings is 1. The molecule has 0 radical (unpaired) electrons. The minimum Gasteiger partial charge on any atom is -0.490 e. The molecule has 24 heavy (non-hydrogen) atoms. The van der Waals surface area contributed by atoms with Gasteiger partial charge in [0, 0.05) is 11.8 Å². The molecule has 0 aliphatic carbocycles. The van der Waals surface area contributed by atoms with Gasteiger partial charge >= 0.3 is 0 Å². The van der Waals surface area contributed by atoms with E-state index >= 15 is 0 Å². The zero-order chi connectivity index (χ0) is 16.9. The fraction of sp³-hybridized carbons (Fsp3) is 0.263. The first-order chi connectivity index (χ1) is 11.7. The number of rotatable bonds is 5. The Balaban J connectivity index is 1.76. The summed E-state index contributed by atoms with van der Waals surface area (Å²) in [5, 5.41) is 2.96. The van der Waals surface area contributed by atoms with Crippen molar-refractivity contribution in [1.29, 1.82) is 0 Å². The molecule has 3 rings (SSSR count). The number of nitrogens with one attached hydrogen (secondary N) is 1. The van der Waals surface area contributed by atoms with Gasteiger partial charge < -0.3 is 14.8 Å². The topological polar surface area (TPSA) is 60.5 Å². The number of para-hydroxylation sites is 1. The van der Waals surface area contributed by atoms with Crippen molar-refractivity contribution in [3.05, 3.63) is 59.4 Å². The fourth-order valence-corrected chi connectivity index (χ4v) is 2.58. The van der Waals surface area contributed by atoms with Crippen molar-refractivity contribution in [3.8, 4) is 11.5 Å². The Bertz CT molecular complexity index is 756. The molecule has 1 unspecified atom stereocenters. The number of aromatic nitrogens is 1. The van der Waals surface area contributed by atoms with E-state index < -0.39 is 0 Å². The molecule has 1 aliphatic heterocycles. The van der Waals surface area contributed by atoms with Gasteiger partial charge in [0.1, 0.15) is 6.61 Å². The van der Waals surface area contributed by atoms with Crippen LogP contribution >= 0.6 is 0 Å². The third-order valence-corrected chi connectivity index (χ3v) is 3.78. The van der Waals surface area contributed by atoms with Gasteiger partial charge in [0.2, 0.25) is 0 Å². The normalized spacial score (nSPS) is 14.0. The summed E-state index contributed by atoms with van der Waals surface area (Å²) >= 11 is 0. The van der Waals surface area contributed by atoms with Gasteiger partial charge in [0.15, 0.2) is 11.5 Å². The maximum absolute atomic E-state index is 12.5. The maximum atomic E-state index is 12.5. The molecule has 1 aromatic heterocycles. The number of nitrogens with zero attached hydrogens (tertiary/aromatic N) is 1. The van der Waals surface area contributed by atoms with Crippen LogP contribution in [0.25, 0.3) is 6.08 Å². The van der Waals surface area contributed by atoms with E-state index in [1.54, 1.807) is 6.20 Å². The number of carbonyl (C=O) groups excluding carboxylic acids is 1. The van der Waals surface area contributed by atoms with Crippen molar-refractivity contribution in [3.63, 3.8) is 0 Å². The molecule has 5 heteroatoms. The molecule has 1 atom stereocenters. The molecule has 124 valence electrons. The summed E-state index contributed by atoms with van der Waals surface area (Å²) in [5.74, 6) is 1.24. The molecule has 0 saturated carbocycles. The van der Waals surface area contributed by atoms with Gasteiger partial charge in [-0.15, -0.1) is 0 Å². The molecule has 1 aliphatic rings. The third-order valence-electron chi connectivity index (χ3n) is 3.78. The van der Waals surface area contributed by atoms with Crippen LogP contribution in [-0.4, -0.2) is 24.1 Å². The summed E-state index contributed by atoms with van der Waals surface area (Å²) < 4.78 is 11.3. The van der Waals surface area contributed by atoms with Crippen LogP contribution in [0.3, 0.4) is 0 Å². The molecule has 0 fully saturated rings. The number of hydrogen-bond donors (Lipinski definition) is 1. The van der Waals surface area contributed by atoms with Crippen LogP contribution in [0.5, 0.6) is 11.5 Å². The van der Waals surface area contributed by atoms with Crippen LogP contribution in [0.15, 0.2) is 48.2 Å². The number of amides is 1. The SMILES string of the molecule is CCOc1cccc2c1OCC(C(=O)NC(C)c1ccccn1)=C2. The predicted molar refractivity (Wildman–Crippen MR) is 91.9 cm³/mol. The summed E-state index contributed by atoms with van der Waals surface area (Å²) in [4.78, 5) is 16.7. The largest absolute Gasteiger partial charge is 0.490 e. The van der Waals surface area contributed by atoms with Gasteiger partial charge in [-0.2, -0.15) is 0 Å². The molecule has 0 spiro atoms. The quantitative estimate of drug-likeness (QED) is 0.918. The van der Waals surface area contributed by atoms with Gasteiger partial charge in [-0.1, -0.05) is 18.2 Å². The van der Waals surface area contributed by atoms with E-state index in [-0.39, 0.29) is 18.6 Å². The van der Waals surface area contributed by atoms with Crippen molar-refractivity contribution >= 4 is 12.0 Å². The van der Waals surface area contributed by atoms with Crippen LogP contribution in [-0.2, 0) is 4.79 Å². The molecular weight excluding hydrogens is 304 g/mol. The number of pyridine rings is 1. The fourth-order valence-electron chi connectivity index (χ4n) is 2.58. The summed E-state index contributed by atoms with van der Waals surface area (Å²) in [7, 11) is 0. The number of ether oxygens (including phenoxy) is 2. The zero-order valence-corrected chi connectivity index (χ0v) is 13.8. The van der Waals surface area contributed by atoms with E-state index in [1.165, 1.54) is 0 Å². The summed E-state index contributed by atoms with van der Waals surface area (Å²) in [6, 6.07) is 11.1. The van der Waals surface area contributed by atoms with Crippen LogP contribution in [0.2, 0.25) is 0 Å². The highest BCUT2D eigenvalue weighted by Gasteiger charge is 2.21. The average molecular weight is 324 g/mol. The molecule has 2 heterocycles. The number of carbonyl (C=O) groups is 1. The van der Waals surface area contributed by atoms with Crippen LogP contribution in [0.4, 0.5) is 0 Å². The lowest BCUT2D eigenvalue weighted by molar-refractivity contribution is -0.118.